The first-order chi connectivity index (χ1) is 10.2. The third-order valence-corrected chi connectivity index (χ3v) is 3.30. The summed E-state index contributed by atoms with van der Waals surface area (Å²) in [6.07, 6.45) is 7.38. The highest BCUT2D eigenvalue weighted by Crippen LogP contribution is 2.23. The molecule has 2 rings (SSSR count). The molecular formula is C16H23ClFN2O+. The number of quaternary nitrogens is 1. The summed E-state index contributed by atoms with van der Waals surface area (Å²) in [5.41, 5.74) is 8.94. The zero-order chi connectivity index (χ0) is 15.8. The summed E-state index contributed by atoms with van der Waals surface area (Å²) in [5, 5.41) is 0. The minimum absolute atomic E-state index is 0.402. The molecule has 3 nitrogen and oxygen atoms in total. The third kappa shape index (κ3) is 4.64. The van der Waals surface area contributed by atoms with E-state index in [1.165, 1.54) is 16.9 Å². The Morgan fingerprint density at radius 1 is 1.29 bits per heavy atom. The van der Waals surface area contributed by atoms with Gasteiger partial charge in [0.25, 0.3) is 0 Å². The fraction of sp³-hybridized carbons (Fsp3) is 0.375. The summed E-state index contributed by atoms with van der Waals surface area (Å²) in [4.78, 5) is 1.24. The van der Waals surface area contributed by atoms with Gasteiger partial charge in [-0.3, -0.25) is 4.90 Å². The summed E-state index contributed by atoms with van der Waals surface area (Å²) in [6, 6.07) is 7.29. The van der Waals surface area contributed by atoms with Crippen molar-refractivity contribution in [3.8, 4) is 0 Å². The Balaban J connectivity index is 0.00000106. The van der Waals surface area contributed by atoms with E-state index < -0.39 is 18.8 Å². The van der Waals surface area contributed by atoms with Gasteiger partial charge in [0.05, 0.1) is 25.4 Å². The number of alkyl halides is 2. The molecule has 0 spiro atoms. The number of rotatable bonds is 5. The lowest BCUT2D eigenvalue weighted by molar-refractivity contribution is -0.762. The quantitative estimate of drug-likeness (QED) is 0.815. The Hall–Kier alpha value is -1.20. The molecule has 21 heavy (non-hydrogen) atoms. The summed E-state index contributed by atoms with van der Waals surface area (Å²) in [5.74, 6) is 0. The second-order valence-electron chi connectivity index (χ2n) is 4.77. The molecule has 0 saturated heterocycles. The van der Waals surface area contributed by atoms with Gasteiger partial charge in [-0.05, 0) is 11.1 Å². The van der Waals surface area contributed by atoms with Crippen LogP contribution < -0.4 is 10.6 Å². The van der Waals surface area contributed by atoms with E-state index in [0.717, 1.165) is 11.1 Å². The molecule has 5 heteroatoms. The maximum Gasteiger partial charge on any atom is 0.107 e. The lowest BCUT2D eigenvalue weighted by atomic mass is 9.99. The molecule has 1 aromatic carbocycles. The van der Waals surface area contributed by atoms with Crippen molar-refractivity contribution >= 4 is 17.2 Å². The number of nitrogens with two attached hydrogens (primary N) is 1. The number of ether oxygens (including phenoxy) is 1. The molecule has 1 heterocycles. The maximum atomic E-state index is 12.7. The SMILES string of the molecule is CCl.COC(c1ccc(C2=C[NH+](C)C=C2)cc1)C(N)CF. The van der Waals surface area contributed by atoms with Gasteiger partial charge in [-0.1, -0.05) is 24.3 Å². The first-order valence-corrected chi connectivity index (χ1v) is 7.47. The van der Waals surface area contributed by atoms with E-state index in [1.807, 2.05) is 24.3 Å². The van der Waals surface area contributed by atoms with Crippen LogP contribution in [0.5, 0.6) is 0 Å². The number of hydrogen-bond donors (Lipinski definition) is 2. The molecule has 0 fully saturated rings. The van der Waals surface area contributed by atoms with E-state index >= 15 is 0 Å². The van der Waals surface area contributed by atoms with Crippen molar-refractivity contribution in [1.82, 2.24) is 0 Å². The van der Waals surface area contributed by atoms with E-state index in [-0.39, 0.29) is 0 Å². The van der Waals surface area contributed by atoms with Crippen molar-refractivity contribution in [1.29, 1.82) is 0 Å². The summed E-state index contributed by atoms with van der Waals surface area (Å²) < 4.78 is 17.9. The fourth-order valence-electron chi connectivity index (χ4n) is 2.25. The second-order valence-corrected chi connectivity index (χ2v) is 4.77. The van der Waals surface area contributed by atoms with Crippen molar-refractivity contribution < 1.29 is 14.0 Å². The predicted molar refractivity (Wildman–Crippen MR) is 85.9 cm³/mol. The average molecular weight is 314 g/mol. The molecule has 3 unspecified atom stereocenters. The minimum Gasteiger partial charge on any atom is -0.375 e. The van der Waals surface area contributed by atoms with Gasteiger partial charge in [0.2, 0.25) is 0 Å². The van der Waals surface area contributed by atoms with E-state index in [0.29, 0.717) is 0 Å². The molecule has 0 aromatic heterocycles. The number of methoxy groups -OCH3 is 1. The van der Waals surface area contributed by atoms with Crippen LogP contribution in [-0.2, 0) is 4.74 Å². The minimum atomic E-state index is -0.628. The van der Waals surface area contributed by atoms with Gasteiger partial charge in [-0.25, -0.2) is 4.39 Å². The van der Waals surface area contributed by atoms with Gasteiger partial charge in [-0.2, -0.15) is 0 Å². The lowest BCUT2D eigenvalue weighted by Gasteiger charge is -2.20. The van der Waals surface area contributed by atoms with Crippen LogP contribution >= 0.6 is 11.6 Å². The summed E-state index contributed by atoms with van der Waals surface area (Å²) in [6.45, 7) is -0.595. The third-order valence-electron chi connectivity index (χ3n) is 3.30. The van der Waals surface area contributed by atoms with Crippen LogP contribution in [0.4, 0.5) is 4.39 Å². The number of hydrogen-bond acceptors (Lipinski definition) is 2. The molecule has 1 aromatic rings. The maximum absolute atomic E-state index is 12.7. The Morgan fingerprint density at radius 2 is 1.90 bits per heavy atom. The van der Waals surface area contributed by atoms with E-state index in [9.17, 15) is 4.39 Å². The number of allylic oxidation sites excluding steroid dienone is 2. The van der Waals surface area contributed by atoms with Crippen LogP contribution in [0.3, 0.4) is 0 Å². The molecule has 1 aliphatic rings. The highest BCUT2D eigenvalue weighted by atomic mass is 35.5. The molecule has 116 valence electrons. The molecule has 0 radical (unpaired) electrons. The van der Waals surface area contributed by atoms with Gasteiger partial charge in [0.15, 0.2) is 0 Å². The van der Waals surface area contributed by atoms with Gasteiger partial charge >= 0.3 is 0 Å². The monoisotopic (exact) mass is 313 g/mol. The Bertz CT molecular complexity index is 488. The molecule has 0 aliphatic carbocycles. The van der Waals surface area contributed by atoms with Gasteiger partial charge < -0.3 is 10.5 Å². The van der Waals surface area contributed by atoms with Crippen LogP contribution in [0.1, 0.15) is 17.2 Å². The predicted octanol–water partition coefficient (Wildman–Crippen LogP) is 1.91. The first-order valence-electron chi connectivity index (χ1n) is 6.71. The Morgan fingerprint density at radius 3 is 2.33 bits per heavy atom. The van der Waals surface area contributed by atoms with E-state index in [1.54, 1.807) is 7.11 Å². The highest BCUT2D eigenvalue weighted by Gasteiger charge is 2.19. The van der Waals surface area contributed by atoms with Gasteiger partial charge in [0.1, 0.15) is 12.9 Å². The van der Waals surface area contributed by atoms with E-state index in [4.69, 9.17) is 10.5 Å². The molecule has 3 atom stereocenters. The van der Waals surface area contributed by atoms with Crippen LogP contribution in [0.2, 0.25) is 0 Å². The van der Waals surface area contributed by atoms with E-state index in [2.05, 4.69) is 37.1 Å². The van der Waals surface area contributed by atoms with Gasteiger partial charge in [-0.15, -0.1) is 11.6 Å². The van der Waals surface area contributed by atoms with Crippen molar-refractivity contribution in [2.45, 2.75) is 12.1 Å². The molecule has 1 aliphatic heterocycles. The average Bonchev–Trinajstić information content (AvgIpc) is 2.97. The molecule has 3 N–H and O–H groups in total. The highest BCUT2D eigenvalue weighted by molar-refractivity contribution is 6.15. The smallest absolute Gasteiger partial charge is 0.107 e. The van der Waals surface area contributed by atoms with Gasteiger partial charge in [0, 0.05) is 25.1 Å². The Kier molecular flexibility index (Phi) is 7.61. The van der Waals surface area contributed by atoms with Crippen molar-refractivity contribution in [3.63, 3.8) is 0 Å². The zero-order valence-electron chi connectivity index (χ0n) is 12.6. The number of benzene rings is 1. The van der Waals surface area contributed by atoms with Crippen LogP contribution in [0.15, 0.2) is 42.7 Å². The second kappa shape index (κ2) is 8.95. The molecule has 0 saturated carbocycles. The van der Waals surface area contributed by atoms with Crippen LogP contribution in [-0.4, -0.2) is 33.3 Å². The van der Waals surface area contributed by atoms with Crippen molar-refractivity contribution in [2.75, 3.05) is 27.2 Å². The zero-order valence-corrected chi connectivity index (χ0v) is 13.4. The number of halogens is 2. The fourth-order valence-corrected chi connectivity index (χ4v) is 2.25. The topological polar surface area (TPSA) is 39.7 Å². The molecular weight excluding hydrogens is 291 g/mol. The summed E-state index contributed by atoms with van der Waals surface area (Å²) in [7, 11) is 3.62. The molecule has 0 bridgehead atoms. The normalized spacial score (nSPS) is 19.5. The van der Waals surface area contributed by atoms with Crippen LogP contribution in [0.25, 0.3) is 5.57 Å². The lowest BCUT2D eigenvalue weighted by Crippen LogP contribution is -2.98. The summed E-state index contributed by atoms with van der Waals surface area (Å²) >= 11 is 4.64. The molecule has 0 amide bonds. The van der Waals surface area contributed by atoms with Crippen molar-refractivity contribution in [2.24, 2.45) is 5.73 Å². The first kappa shape index (κ1) is 17.9. The Labute approximate surface area is 130 Å². The van der Waals surface area contributed by atoms with Crippen LogP contribution in [0, 0.1) is 0 Å². The largest absolute Gasteiger partial charge is 0.375 e. The number of nitrogens with one attached hydrogen (secondary N) is 1. The van der Waals surface area contributed by atoms with Crippen molar-refractivity contribution in [3.05, 3.63) is 53.9 Å². The standard InChI is InChI=1S/C15H19FN2O.CH3Cl/c1-18-8-7-13(10-18)11-3-5-12(6-4-11)15(19-2)14(17)9-16;1-2/h3-8,10,14-15H,9,17H2,1-2H3;1H3/p+1.